The molecule has 0 aromatic heterocycles. The molecule has 108 valence electrons. The summed E-state index contributed by atoms with van der Waals surface area (Å²) in [6, 6.07) is 0. The minimum absolute atomic E-state index is 0.0456. The maximum absolute atomic E-state index is 12.9. The molecule has 1 heterocycles. The van der Waals surface area contributed by atoms with Crippen molar-refractivity contribution in [3.63, 3.8) is 0 Å². The van der Waals surface area contributed by atoms with E-state index in [0.717, 1.165) is 51.7 Å². The Balaban J connectivity index is 1.59. The minimum Gasteiger partial charge on any atom is -0.352 e. The molecule has 0 amide bonds. The van der Waals surface area contributed by atoms with E-state index in [4.69, 9.17) is 9.47 Å². The summed E-state index contributed by atoms with van der Waals surface area (Å²) in [6.07, 6.45) is 10.2. The first-order valence-corrected chi connectivity index (χ1v) is 7.46. The zero-order valence-corrected chi connectivity index (χ0v) is 11.7. The van der Waals surface area contributed by atoms with Crippen LogP contribution in [0.2, 0.25) is 0 Å². The molecule has 1 fully saturated rings. The molecule has 1 aliphatic heterocycles. The third-order valence-corrected chi connectivity index (χ3v) is 4.09. The molecule has 1 atom stereocenters. The topological polar surface area (TPSA) is 18.5 Å². The molecule has 19 heavy (non-hydrogen) atoms. The lowest BCUT2D eigenvalue weighted by Crippen LogP contribution is -2.32. The summed E-state index contributed by atoms with van der Waals surface area (Å²) < 4.78 is 24.4. The Morgan fingerprint density at radius 3 is 2.63 bits per heavy atom. The minimum atomic E-state index is -0.0456. The third-order valence-electron chi connectivity index (χ3n) is 4.09. The van der Waals surface area contributed by atoms with E-state index in [1.807, 2.05) is 6.08 Å². The van der Waals surface area contributed by atoms with Gasteiger partial charge in [0.1, 0.15) is 0 Å². The van der Waals surface area contributed by atoms with E-state index in [1.54, 1.807) is 6.08 Å². The van der Waals surface area contributed by atoms with Crippen LogP contribution in [0.3, 0.4) is 0 Å². The highest BCUT2D eigenvalue weighted by Crippen LogP contribution is 2.29. The maximum Gasteiger partial charge on any atom is 0.157 e. The van der Waals surface area contributed by atoms with Crippen molar-refractivity contribution in [2.45, 2.75) is 51.2 Å². The first-order chi connectivity index (χ1) is 9.28. The van der Waals surface area contributed by atoms with Gasteiger partial charge in [-0.2, -0.15) is 0 Å². The lowest BCUT2D eigenvalue weighted by atomic mass is 9.89. The molecule has 1 unspecified atom stereocenters. The fourth-order valence-electron chi connectivity index (χ4n) is 2.76. The summed E-state index contributed by atoms with van der Waals surface area (Å²) in [5, 5.41) is 0. The van der Waals surface area contributed by atoms with Crippen molar-refractivity contribution in [2.75, 3.05) is 13.2 Å². The molecule has 0 bridgehead atoms. The van der Waals surface area contributed by atoms with Crippen molar-refractivity contribution in [1.82, 2.24) is 0 Å². The molecule has 2 nitrogen and oxygen atoms in total. The van der Waals surface area contributed by atoms with Gasteiger partial charge in [-0.1, -0.05) is 12.2 Å². The molecular weight excluding hydrogens is 243 g/mol. The van der Waals surface area contributed by atoms with Gasteiger partial charge in [-0.05, 0) is 50.9 Å². The van der Waals surface area contributed by atoms with Crippen LogP contribution in [0.25, 0.3) is 0 Å². The lowest BCUT2D eigenvalue weighted by Gasteiger charge is -2.30. The van der Waals surface area contributed by atoms with Gasteiger partial charge in [0.2, 0.25) is 0 Å². The molecule has 1 aliphatic carbocycles. The van der Waals surface area contributed by atoms with Crippen LogP contribution in [0, 0.1) is 11.8 Å². The summed E-state index contributed by atoms with van der Waals surface area (Å²) in [4.78, 5) is 0. The number of ether oxygens (including phenoxy) is 2. The van der Waals surface area contributed by atoms with Gasteiger partial charge in [-0.25, -0.2) is 4.39 Å². The number of hydrogen-bond acceptors (Lipinski definition) is 2. The van der Waals surface area contributed by atoms with E-state index in [1.165, 1.54) is 0 Å². The van der Waals surface area contributed by atoms with Crippen molar-refractivity contribution in [2.24, 2.45) is 11.8 Å². The Morgan fingerprint density at radius 1 is 1.21 bits per heavy atom. The molecule has 0 spiro atoms. The van der Waals surface area contributed by atoms with E-state index in [2.05, 4.69) is 6.58 Å². The molecule has 2 aliphatic rings. The molecule has 0 aromatic rings. The van der Waals surface area contributed by atoms with Crippen LogP contribution in [0.15, 0.2) is 24.6 Å². The number of allylic oxidation sites excluding steroid dienone is 3. The number of rotatable bonds is 6. The average molecular weight is 268 g/mol. The van der Waals surface area contributed by atoms with E-state index in [9.17, 15) is 4.39 Å². The second kappa shape index (κ2) is 7.81. The van der Waals surface area contributed by atoms with Crippen molar-refractivity contribution in [1.29, 1.82) is 0 Å². The summed E-state index contributed by atoms with van der Waals surface area (Å²) in [7, 11) is 0. The van der Waals surface area contributed by atoms with E-state index in [-0.39, 0.29) is 12.1 Å². The SMILES string of the molecule is C=CCCC1COC(CCC2CC=C(F)CC2)OC1. The van der Waals surface area contributed by atoms with Crippen molar-refractivity contribution in [3.05, 3.63) is 24.6 Å². The molecule has 3 heteroatoms. The first-order valence-electron chi connectivity index (χ1n) is 7.46. The Bertz CT molecular complexity index is 306. The quantitative estimate of drug-likeness (QED) is 0.666. The smallest absolute Gasteiger partial charge is 0.157 e. The van der Waals surface area contributed by atoms with E-state index >= 15 is 0 Å². The fourth-order valence-corrected chi connectivity index (χ4v) is 2.76. The highest BCUT2D eigenvalue weighted by Gasteiger charge is 2.23. The molecular formula is C16H25FO2. The highest BCUT2D eigenvalue weighted by atomic mass is 19.1. The Hall–Kier alpha value is -0.670. The predicted octanol–water partition coefficient (Wildman–Crippen LogP) is 4.38. The van der Waals surface area contributed by atoms with Gasteiger partial charge in [0.05, 0.1) is 19.0 Å². The zero-order valence-electron chi connectivity index (χ0n) is 11.7. The molecule has 0 radical (unpaired) electrons. The predicted molar refractivity (Wildman–Crippen MR) is 74.4 cm³/mol. The van der Waals surface area contributed by atoms with Gasteiger partial charge >= 0.3 is 0 Å². The van der Waals surface area contributed by atoms with E-state index < -0.39 is 0 Å². The van der Waals surface area contributed by atoms with Crippen molar-refractivity contribution in [3.8, 4) is 0 Å². The van der Waals surface area contributed by atoms with Crippen molar-refractivity contribution < 1.29 is 13.9 Å². The normalized spacial score (nSPS) is 31.8. The van der Waals surface area contributed by atoms with Gasteiger partial charge in [-0.15, -0.1) is 6.58 Å². The van der Waals surface area contributed by atoms with Gasteiger partial charge in [-0.3, -0.25) is 0 Å². The number of hydrogen-bond donors (Lipinski definition) is 0. The molecule has 2 rings (SSSR count). The second-order valence-corrected chi connectivity index (χ2v) is 5.70. The average Bonchev–Trinajstić information content (AvgIpc) is 2.46. The summed E-state index contributed by atoms with van der Waals surface area (Å²) >= 11 is 0. The summed E-state index contributed by atoms with van der Waals surface area (Å²) in [6.45, 7) is 5.34. The van der Waals surface area contributed by atoms with Gasteiger partial charge in [0.25, 0.3) is 0 Å². The first kappa shape index (κ1) is 14.7. The van der Waals surface area contributed by atoms with Crippen LogP contribution < -0.4 is 0 Å². The second-order valence-electron chi connectivity index (χ2n) is 5.70. The zero-order chi connectivity index (χ0) is 13.5. The van der Waals surface area contributed by atoms with Crippen LogP contribution >= 0.6 is 0 Å². The van der Waals surface area contributed by atoms with Crippen LogP contribution in [0.5, 0.6) is 0 Å². The van der Waals surface area contributed by atoms with E-state index in [0.29, 0.717) is 18.3 Å². The number of halogens is 1. The molecule has 0 N–H and O–H groups in total. The Labute approximate surface area is 115 Å². The van der Waals surface area contributed by atoms with Crippen LogP contribution in [-0.2, 0) is 9.47 Å². The van der Waals surface area contributed by atoms with Gasteiger partial charge in [0.15, 0.2) is 6.29 Å². The Kier molecular flexibility index (Phi) is 6.05. The highest BCUT2D eigenvalue weighted by molar-refractivity contribution is 4.97. The van der Waals surface area contributed by atoms with Crippen molar-refractivity contribution >= 4 is 0 Å². The largest absolute Gasteiger partial charge is 0.352 e. The third kappa shape index (κ3) is 5.07. The monoisotopic (exact) mass is 268 g/mol. The molecule has 0 saturated carbocycles. The summed E-state index contributed by atoms with van der Waals surface area (Å²) in [5.74, 6) is 1.18. The van der Waals surface area contributed by atoms with Gasteiger partial charge in [0, 0.05) is 5.92 Å². The molecule has 0 aromatic carbocycles. The standard InChI is InChI=1S/C16H25FO2/c1-2-3-4-14-11-18-16(19-12-14)10-7-13-5-8-15(17)9-6-13/h2,8,13-14,16H,1,3-7,9-12H2. The van der Waals surface area contributed by atoms with Crippen LogP contribution in [-0.4, -0.2) is 19.5 Å². The lowest BCUT2D eigenvalue weighted by molar-refractivity contribution is -0.204. The maximum atomic E-state index is 12.9. The van der Waals surface area contributed by atoms with Crippen LogP contribution in [0.1, 0.15) is 44.9 Å². The van der Waals surface area contributed by atoms with Crippen LogP contribution in [0.4, 0.5) is 4.39 Å². The Morgan fingerprint density at radius 2 is 2.00 bits per heavy atom. The molecule has 1 saturated heterocycles. The summed E-state index contributed by atoms with van der Waals surface area (Å²) in [5.41, 5.74) is 0. The fraction of sp³-hybridized carbons (Fsp3) is 0.750. The van der Waals surface area contributed by atoms with Gasteiger partial charge < -0.3 is 9.47 Å².